The molecular weight excluding hydrogens is 284 g/mol. The number of rotatable bonds is 4. The Morgan fingerprint density at radius 3 is 3.00 bits per heavy atom. The smallest absolute Gasteiger partial charge is 0.276 e. The first-order valence-electron chi connectivity index (χ1n) is 7.48. The predicted molar refractivity (Wildman–Crippen MR) is 75.4 cm³/mol. The van der Waals surface area contributed by atoms with Crippen LogP contribution in [0.5, 0.6) is 5.88 Å². The minimum Gasteiger partial charge on any atom is -0.471 e. The number of carbonyl (C=O) groups is 1. The van der Waals surface area contributed by atoms with Crippen molar-refractivity contribution in [2.75, 3.05) is 13.1 Å². The van der Waals surface area contributed by atoms with Crippen LogP contribution >= 0.6 is 0 Å². The second kappa shape index (κ2) is 5.40. The molecule has 0 aromatic carbocycles. The summed E-state index contributed by atoms with van der Waals surface area (Å²) in [6.45, 7) is 1.18. The summed E-state index contributed by atoms with van der Waals surface area (Å²) in [4.78, 5) is 22.2. The van der Waals surface area contributed by atoms with Crippen molar-refractivity contribution in [1.29, 1.82) is 0 Å². The summed E-state index contributed by atoms with van der Waals surface area (Å²) >= 11 is 0. The Bertz CT molecular complexity index is 668. The van der Waals surface area contributed by atoms with Crippen molar-refractivity contribution in [2.24, 2.45) is 0 Å². The Hall–Kier alpha value is -2.44. The minimum atomic E-state index is -0.0964. The molecule has 0 bridgehead atoms. The largest absolute Gasteiger partial charge is 0.471 e. The van der Waals surface area contributed by atoms with E-state index in [4.69, 9.17) is 9.26 Å². The van der Waals surface area contributed by atoms with Gasteiger partial charge < -0.3 is 14.2 Å². The van der Waals surface area contributed by atoms with Gasteiger partial charge in [0.15, 0.2) is 5.69 Å². The maximum Gasteiger partial charge on any atom is 0.276 e. The molecule has 1 atom stereocenters. The third-order valence-electron chi connectivity index (χ3n) is 3.99. The molecule has 4 rings (SSSR count). The second-order valence-electron chi connectivity index (χ2n) is 5.71. The standard InChI is InChI=1S/C15H16N4O3/c20-15(12-7-13(22-18-12)10-1-2-10)19-6-3-11(9-19)21-14-8-16-4-5-17-14/h4-5,7-8,10-11H,1-3,6,9H2. The van der Waals surface area contributed by atoms with Gasteiger partial charge in [-0.25, -0.2) is 4.98 Å². The highest BCUT2D eigenvalue weighted by Crippen LogP contribution is 2.40. The highest BCUT2D eigenvalue weighted by atomic mass is 16.5. The van der Waals surface area contributed by atoms with E-state index >= 15 is 0 Å². The molecule has 0 radical (unpaired) electrons. The fourth-order valence-electron chi connectivity index (χ4n) is 2.64. The summed E-state index contributed by atoms with van der Waals surface area (Å²) in [5.74, 6) is 1.68. The van der Waals surface area contributed by atoms with Gasteiger partial charge in [0, 0.05) is 37.3 Å². The highest BCUT2D eigenvalue weighted by Gasteiger charge is 2.32. The summed E-state index contributed by atoms with van der Waals surface area (Å²) in [7, 11) is 0. The van der Waals surface area contributed by atoms with Crippen LogP contribution in [0.1, 0.15) is 41.4 Å². The van der Waals surface area contributed by atoms with E-state index in [0.29, 0.717) is 30.6 Å². The molecule has 114 valence electrons. The number of likely N-dealkylation sites (tertiary alicyclic amines) is 1. The quantitative estimate of drug-likeness (QED) is 0.853. The molecule has 1 saturated carbocycles. The van der Waals surface area contributed by atoms with Gasteiger partial charge in [-0.05, 0) is 12.8 Å². The van der Waals surface area contributed by atoms with Crippen LogP contribution in [-0.4, -0.2) is 45.1 Å². The van der Waals surface area contributed by atoms with Crippen LogP contribution in [0.15, 0.2) is 29.2 Å². The Morgan fingerprint density at radius 2 is 2.23 bits per heavy atom. The van der Waals surface area contributed by atoms with Crippen LogP contribution in [-0.2, 0) is 0 Å². The van der Waals surface area contributed by atoms with Crippen LogP contribution in [0, 0.1) is 0 Å². The number of carbonyl (C=O) groups excluding carboxylic acids is 1. The van der Waals surface area contributed by atoms with Gasteiger partial charge in [0.2, 0.25) is 5.88 Å². The van der Waals surface area contributed by atoms with Gasteiger partial charge in [0.25, 0.3) is 5.91 Å². The van der Waals surface area contributed by atoms with Crippen molar-refractivity contribution in [3.8, 4) is 5.88 Å². The van der Waals surface area contributed by atoms with Crippen molar-refractivity contribution < 1.29 is 14.1 Å². The van der Waals surface area contributed by atoms with Crippen LogP contribution < -0.4 is 4.74 Å². The molecule has 0 spiro atoms. The van der Waals surface area contributed by atoms with Crippen molar-refractivity contribution >= 4 is 5.91 Å². The zero-order chi connectivity index (χ0) is 14.9. The number of hydrogen-bond donors (Lipinski definition) is 0. The van der Waals surface area contributed by atoms with Gasteiger partial charge in [-0.15, -0.1) is 0 Å². The molecule has 2 aromatic rings. The fraction of sp³-hybridized carbons (Fsp3) is 0.467. The van der Waals surface area contributed by atoms with Crippen LogP contribution in [0.3, 0.4) is 0 Å². The van der Waals surface area contributed by atoms with Crippen molar-refractivity contribution in [2.45, 2.75) is 31.3 Å². The molecule has 1 aliphatic heterocycles. The molecule has 2 aromatic heterocycles. The summed E-state index contributed by atoms with van der Waals surface area (Å²) in [6, 6.07) is 1.77. The summed E-state index contributed by atoms with van der Waals surface area (Å²) in [5.41, 5.74) is 0.391. The van der Waals surface area contributed by atoms with E-state index in [-0.39, 0.29) is 12.0 Å². The first kappa shape index (κ1) is 13.2. The van der Waals surface area contributed by atoms with E-state index in [9.17, 15) is 4.79 Å². The molecule has 2 aliphatic rings. The van der Waals surface area contributed by atoms with Crippen LogP contribution in [0.4, 0.5) is 0 Å². The maximum atomic E-state index is 12.4. The van der Waals surface area contributed by atoms with Gasteiger partial charge in [-0.3, -0.25) is 9.78 Å². The topological polar surface area (TPSA) is 81.4 Å². The highest BCUT2D eigenvalue weighted by molar-refractivity contribution is 5.92. The third-order valence-corrected chi connectivity index (χ3v) is 3.99. The molecule has 1 aliphatic carbocycles. The predicted octanol–water partition coefficient (Wildman–Crippen LogP) is 1.64. The van der Waals surface area contributed by atoms with Gasteiger partial charge in [-0.1, -0.05) is 5.16 Å². The molecule has 22 heavy (non-hydrogen) atoms. The van der Waals surface area contributed by atoms with E-state index in [1.54, 1.807) is 29.6 Å². The van der Waals surface area contributed by atoms with Crippen LogP contribution in [0.25, 0.3) is 0 Å². The number of nitrogens with zero attached hydrogens (tertiary/aromatic N) is 4. The summed E-state index contributed by atoms with van der Waals surface area (Å²) < 4.78 is 11.0. The number of aromatic nitrogens is 3. The molecule has 1 saturated heterocycles. The normalized spacial score (nSPS) is 21.1. The molecule has 1 unspecified atom stereocenters. The summed E-state index contributed by atoms with van der Waals surface area (Å²) in [6.07, 6.45) is 7.72. The number of ether oxygens (including phenoxy) is 1. The van der Waals surface area contributed by atoms with Crippen molar-refractivity contribution in [3.63, 3.8) is 0 Å². The molecule has 1 amide bonds. The average molecular weight is 300 g/mol. The average Bonchev–Trinajstić information content (AvgIpc) is 3.10. The minimum absolute atomic E-state index is 0.0598. The molecule has 2 fully saturated rings. The van der Waals surface area contributed by atoms with E-state index in [1.807, 2.05) is 0 Å². The maximum absolute atomic E-state index is 12.4. The SMILES string of the molecule is O=C(c1cc(C2CC2)on1)N1CCC(Oc2cnccn2)C1. The lowest BCUT2D eigenvalue weighted by atomic mass is 10.2. The fourth-order valence-corrected chi connectivity index (χ4v) is 2.64. The van der Waals surface area contributed by atoms with Gasteiger partial charge in [0.05, 0.1) is 12.7 Å². The molecule has 0 N–H and O–H groups in total. The molecule has 3 heterocycles. The first-order valence-corrected chi connectivity index (χ1v) is 7.48. The first-order chi connectivity index (χ1) is 10.8. The second-order valence-corrected chi connectivity index (χ2v) is 5.71. The molecule has 7 heteroatoms. The van der Waals surface area contributed by atoms with Gasteiger partial charge in [-0.2, -0.15) is 0 Å². The van der Waals surface area contributed by atoms with Gasteiger partial charge >= 0.3 is 0 Å². The van der Waals surface area contributed by atoms with Gasteiger partial charge in [0.1, 0.15) is 11.9 Å². The molecule has 7 nitrogen and oxygen atoms in total. The van der Waals surface area contributed by atoms with E-state index in [2.05, 4.69) is 15.1 Å². The van der Waals surface area contributed by atoms with Crippen LogP contribution in [0.2, 0.25) is 0 Å². The van der Waals surface area contributed by atoms with E-state index in [1.165, 1.54) is 0 Å². The van der Waals surface area contributed by atoms with Crippen molar-refractivity contribution in [1.82, 2.24) is 20.0 Å². The Balaban J connectivity index is 1.38. The van der Waals surface area contributed by atoms with Crippen molar-refractivity contribution in [3.05, 3.63) is 36.1 Å². The van der Waals surface area contributed by atoms with E-state index in [0.717, 1.165) is 25.0 Å². The number of hydrogen-bond acceptors (Lipinski definition) is 6. The lowest BCUT2D eigenvalue weighted by molar-refractivity contribution is 0.0760. The Kier molecular flexibility index (Phi) is 3.25. The van der Waals surface area contributed by atoms with E-state index < -0.39 is 0 Å². The lowest BCUT2D eigenvalue weighted by Gasteiger charge is -2.15. The summed E-state index contributed by atoms with van der Waals surface area (Å²) in [5, 5.41) is 3.90. The molecular formula is C15H16N4O3. The monoisotopic (exact) mass is 300 g/mol. The number of amides is 1. The lowest BCUT2D eigenvalue weighted by Crippen LogP contribution is -2.31. The zero-order valence-electron chi connectivity index (χ0n) is 12.0. The Morgan fingerprint density at radius 1 is 1.32 bits per heavy atom. The zero-order valence-corrected chi connectivity index (χ0v) is 12.0. The Labute approximate surface area is 127 Å². The third kappa shape index (κ3) is 2.66.